The molecule has 2 aromatic heterocycles. The summed E-state index contributed by atoms with van der Waals surface area (Å²) in [5.41, 5.74) is 4.53. The van der Waals surface area contributed by atoms with Gasteiger partial charge in [0.25, 0.3) is 11.8 Å². The van der Waals surface area contributed by atoms with Crippen LogP contribution in [0.2, 0.25) is 0 Å². The Bertz CT molecular complexity index is 1580. The Balaban J connectivity index is 1.27. The van der Waals surface area contributed by atoms with Crippen molar-refractivity contribution < 1.29 is 28.6 Å². The summed E-state index contributed by atoms with van der Waals surface area (Å²) in [5, 5.41) is 5.58. The Morgan fingerprint density at radius 2 is 1.80 bits per heavy atom. The van der Waals surface area contributed by atoms with Gasteiger partial charge >= 0.3 is 5.97 Å². The van der Waals surface area contributed by atoms with Crippen LogP contribution in [0.15, 0.2) is 60.8 Å². The van der Waals surface area contributed by atoms with E-state index in [1.165, 1.54) is 0 Å². The van der Waals surface area contributed by atoms with E-state index < -0.39 is 5.97 Å². The number of aromatic nitrogens is 3. The van der Waals surface area contributed by atoms with E-state index in [1.807, 2.05) is 6.92 Å². The molecule has 0 unspecified atom stereocenters. The number of nitrogens with one attached hydrogen (secondary N) is 3. The number of aromatic amines is 1. The van der Waals surface area contributed by atoms with E-state index in [0.29, 0.717) is 58.5 Å². The molecule has 1 aliphatic heterocycles. The first kappa shape index (κ1) is 27.4. The lowest BCUT2D eigenvalue weighted by atomic mass is 10.1. The van der Waals surface area contributed by atoms with Gasteiger partial charge < -0.3 is 29.8 Å². The van der Waals surface area contributed by atoms with Crippen LogP contribution >= 0.6 is 0 Å². The number of H-pyrrole nitrogens is 1. The number of hydrogen-bond acceptors (Lipinski definition) is 8. The zero-order valence-electron chi connectivity index (χ0n) is 22.7. The Labute approximate surface area is 236 Å². The Kier molecular flexibility index (Phi) is 8.23. The highest BCUT2D eigenvalue weighted by molar-refractivity contribution is 5.97. The van der Waals surface area contributed by atoms with Gasteiger partial charge in [-0.25, -0.2) is 14.8 Å². The lowest BCUT2D eigenvalue weighted by Crippen LogP contribution is -2.31. The molecule has 210 valence electrons. The summed E-state index contributed by atoms with van der Waals surface area (Å²) in [4.78, 5) is 48.9. The fourth-order valence-corrected chi connectivity index (χ4v) is 4.36. The number of benzene rings is 2. The highest BCUT2D eigenvalue weighted by atomic mass is 16.5. The van der Waals surface area contributed by atoms with Gasteiger partial charge in [-0.2, -0.15) is 0 Å². The molecular formula is C30H29N5O6. The molecule has 11 nitrogen and oxygen atoms in total. The van der Waals surface area contributed by atoms with Crippen molar-refractivity contribution in [1.82, 2.24) is 20.3 Å². The van der Waals surface area contributed by atoms with E-state index in [2.05, 4.69) is 20.6 Å². The zero-order valence-corrected chi connectivity index (χ0v) is 22.7. The fraction of sp³-hybridized carbons (Fsp3) is 0.233. The van der Waals surface area contributed by atoms with Gasteiger partial charge in [-0.15, -0.1) is 0 Å². The maximum absolute atomic E-state index is 12.5. The van der Waals surface area contributed by atoms with Crippen LogP contribution in [0.25, 0.3) is 22.8 Å². The molecular weight excluding hydrogens is 526 g/mol. The maximum atomic E-state index is 12.5. The third-order valence-corrected chi connectivity index (χ3v) is 6.28. The van der Waals surface area contributed by atoms with Gasteiger partial charge in [0.05, 0.1) is 35.7 Å². The van der Waals surface area contributed by atoms with Crippen LogP contribution in [0.5, 0.6) is 11.5 Å². The summed E-state index contributed by atoms with van der Waals surface area (Å²) >= 11 is 0. The number of rotatable bonds is 10. The molecule has 2 aromatic carbocycles. The summed E-state index contributed by atoms with van der Waals surface area (Å²) in [6, 6.07) is 15.2. The van der Waals surface area contributed by atoms with E-state index in [0.717, 1.165) is 17.8 Å². The number of fused-ring (bicyclic) bond motifs is 1. The second-order valence-electron chi connectivity index (χ2n) is 9.08. The van der Waals surface area contributed by atoms with Crippen molar-refractivity contribution >= 4 is 23.5 Å². The number of anilines is 1. The Morgan fingerprint density at radius 1 is 0.976 bits per heavy atom. The largest absolute Gasteiger partial charge is 0.490 e. The third kappa shape index (κ3) is 6.35. The fourth-order valence-electron chi connectivity index (χ4n) is 4.36. The highest BCUT2D eigenvalue weighted by Gasteiger charge is 2.21. The molecule has 2 amide bonds. The summed E-state index contributed by atoms with van der Waals surface area (Å²) in [6.07, 6.45) is 2.39. The second-order valence-corrected chi connectivity index (χ2v) is 9.08. The van der Waals surface area contributed by atoms with Crippen molar-refractivity contribution in [2.45, 2.75) is 20.3 Å². The van der Waals surface area contributed by atoms with Crippen LogP contribution < -0.4 is 20.1 Å². The van der Waals surface area contributed by atoms with E-state index >= 15 is 0 Å². The monoisotopic (exact) mass is 555 g/mol. The number of amides is 2. The topological polar surface area (TPSA) is 145 Å². The number of carbonyl (C=O) groups is 3. The molecule has 4 aromatic rings. The number of ether oxygens (including phenoxy) is 3. The molecule has 3 heterocycles. The second kappa shape index (κ2) is 12.3. The van der Waals surface area contributed by atoms with Crippen molar-refractivity contribution in [3.63, 3.8) is 0 Å². The summed E-state index contributed by atoms with van der Waals surface area (Å²) in [6.45, 7) is 4.60. The minimum Gasteiger partial charge on any atom is -0.490 e. The quantitative estimate of drug-likeness (QED) is 0.249. The van der Waals surface area contributed by atoms with Crippen LogP contribution in [0.1, 0.15) is 40.3 Å². The molecule has 3 N–H and O–H groups in total. The lowest BCUT2D eigenvalue weighted by Gasteiger charge is -2.13. The first-order valence-electron chi connectivity index (χ1n) is 13.3. The third-order valence-electron chi connectivity index (χ3n) is 6.28. The first-order chi connectivity index (χ1) is 19.9. The predicted octanol–water partition coefficient (Wildman–Crippen LogP) is 4.02. The van der Waals surface area contributed by atoms with Crippen molar-refractivity contribution in [2.24, 2.45) is 0 Å². The van der Waals surface area contributed by atoms with Crippen molar-refractivity contribution in [2.75, 3.05) is 31.7 Å². The molecule has 0 spiro atoms. The summed E-state index contributed by atoms with van der Waals surface area (Å²) < 4.78 is 16.5. The van der Waals surface area contributed by atoms with E-state index in [9.17, 15) is 14.4 Å². The van der Waals surface area contributed by atoms with E-state index in [-0.39, 0.29) is 25.0 Å². The standard InChI is InChI=1S/C30H29N5O6/c1-3-39-26-15-19(28-31-13-12-23(35-28)24-16-21-22(34-24)11-14-32-29(21)37)7-10-25(26)41-17-27(36)33-20-8-5-18(6-9-20)30(38)40-4-2/h5-10,12-13,15-16,34H,3-4,11,14,17H2,1-2H3,(H,32,37)(H,33,36). The molecule has 0 atom stereocenters. The molecule has 41 heavy (non-hydrogen) atoms. The van der Waals surface area contributed by atoms with E-state index in [1.54, 1.807) is 67.7 Å². The molecule has 1 aliphatic rings. The van der Waals surface area contributed by atoms with Gasteiger partial charge in [-0.3, -0.25) is 9.59 Å². The van der Waals surface area contributed by atoms with Crippen molar-refractivity contribution in [3.05, 3.63) is 77.6 Å². The molecule has 0 saturated carbocycles. The van der Waals surface area contributed by atoms with Crippen LogP contribution in [0.3, 0.4) is 0 Å². The van der Waals surface area contributed by atoms with Crippen molar-refractivity contribution in [1.29, 1.82) is 0 Å². The van der Waals surface area contributed by atoms with E-state index in [4.69, 9.17) is 19.2 Å². The minimum atomic E-state index is -0.421. The summed E-state index contributed by atoms with van der Waals surface area (Å²) in [5.74, 6) is 0.408. The number of carbonyl (C=O) groups excluding carboxylic acids is 3. The van der Waals surface area contributed by atoms with Crippen LogP contribution in [0, 0.1) is 0 Å². The molecule has 5 rings (SSSR count). The van der Waals surface area contributed by atoms with Crippen LogP contribution in [-0.2, 0) is 16.0 Å². The molecule has 0 saturated heterocycles. The van der Waals surface area contributed by atoms with Crippen molar-refractivity contribution in [3.8, 4) is 34.3 Å². The molecule has 0 radical (unpaired) electrons. The number of nitrogens with zero attached hydrogens (tertiary/aromatic N) is 2. The molecule has 0 fully saturated rings. The average Bonchev–Trinajstić information content (AvgIpc) is 3.43. The molecule has 11 heteroatoms. The highest BCUT2D eigenvalue weighted by Crippen LogP contribution is 2.32. The van der Waals surface area contributed by atoms with Crippen LogP contribution in [-0.4, -0.2) is 59.1 Å². The average molecular weight is 556 g/mol. The number of esters is 1. The summed E-state index contributed by atoms with van der Waals surface area (Å²) in [7, 11) is 0. The van der Waals surface area contributed by atoms with Gasteiger partial charge in [-0.05, 0) is 68.4 Å². The minimum absolute atomic E-state index is 0.0967. The van der Waals surface area contributed by atoms with Gasteiger partial charge in [-0.1, -0.05) is 0 Å². The Hall–Kier alpha value is -5.19. The van der Waals surface area contributed by atoms with Gasteiger partial charge in [0.15, 0.2) is 23.9 Å². The first-order valence-corrected chi connectivity index (χ1v) is 13.3. The Morgan fingerprint density at radius 3 is 2.56 bits per heavy atom. The maximum Gasteiger partial charge on any atom is 0.338 e. The number of hydrogen-bond donors (Lipinski definition) is 3. The predicted molar refractivity (Wildman–Crippen MR) is 151 cm³/mol. The smallest absolute Gasteiger partial charge is 0.338 e. The van der Waals surface area contributed by atoms with Crippen LogP contribution in [0.4, 0.5) is 5.69 Å². The SMILES string of the molecule is CCOC(=O)c1ccc(NC(=O)COc2ccc(-c3nccc(-c4cc5c([nH]4)CCNC5=O)n3)cc2OCC)cc1. The zero-order chi connectivity index (χ0) is 28.8. The normalized spacial score (nSPS) is 12.2. The lowest BCUT2D eigenvalue weighted by molar-refractivity contribution is -0.118. The molecule has 0 bridgehead atoms. The van der Waals surface area contributed by atoms with Gasteiger partial charge in [0, 0.05) is 36.1 Å². The molecule has 0 aliphatic carbocycles. The van der Waals surface area contributed by atoms with Gasteiger partial charge in [0.1, 0.15) is 0 Å². The van der Waals surface area contributed by atoms with Gasteiger partial charge in [0.2, 0.25) is 0 Å².